The first-order valence-electron chi connectivity index (χ1n) is 8.19. The van der Waals surface area contributed by atoms with Crippen molar-refractivity contribution in [3.63, 3.8) is 0 Å². The van der Waals surface area contributed by atoms with Gasteiger partial charge in [0.2, 0.25) is 5.89 Å². The molecule has 1 aliphatic carbocycles. The Morgan fingerprint density at radius 2 is 2.00 bits per heavy atom. The summed E-state index contributed by atoms with van der Waals surface area (Å²) >= 11 is 0. The lowest BCUT2D eigenvalue weighted by Crippen LogP contribution is -2.18. The molecule has 0 saturated heterocycles. The monoisotopic (exact) mass is 295 g/mol. The van der Waals surface area contributed by atoms with E-state index in [1.54, 1.807) is 7.11 Å². The molecule has 1 unspecified atom stereocenters. The van der Waals surface area contributed by atoms with E-state index in [0.29, 0.717) is 18.4 Å². The van der Waals surface area contributed by atoms with Gasteiger partial charge in [-0.05, 0) is 50.4 Å². The van der Waals surface area contributed by atoms with Crippen LogP contribution in [0.3, 0.4) is 0 Å². The van der Waals surface area contributed by atoms with Gasteiger partial charge in [-0.2, -0.15) is 4.98 Å². The summed E-state index contributed by atoms with van der Waals surface area (Å²) in [5.74, 6) is 3.51. The third-order valence-electron chi connectivity index (χ3n) is 4.72. The van der Waals surface area contributed by atoms with E-state index in [2.05, 4.69) is 24.0 Å². The van der Waals surface area contributed by atoms with Crippen LogP contribution in [-0.4, -0.2) is 23.9 Å². The molecular formula is C16H29N3O2. The summed E-state index contributed by atoms with van der Waals surface area (Å²) in [7, 11) is 1.70. The summed E-state index contributed by atoms with van der Waals surface area (Å²) in [6.45, 7) is 5.35. The normalized spacial score (nSPS) is 24.4. The molecule has 1 atom stereocenters. The third kappa shape index (κ3) is 4.51. The van der Waals surface area contributed by atoms with Gasteiger partial charge in [0.05, 0.1) is 6.04 Å². The summed E-state index contributed by atoms with van der Waals surface area (Å²) in [4.78, 5) is 4.54. The molecular weight excluding hydrogens is 266 g/mol. The second kappa shape index (κ2) is 7.90. The molecule has 1 heterocycles. The molecule has 0 radical (unpaired) electrons. The zero-order valence-corrected chi connectivity index (χ0v) is 13.5. The maximum atomic E-state index is 6.09. The predicted molar refractivity (Wildman–Crippen MR) is 81.9 cm³/mol. The van der Waals surface area contributed by atoms with E-state index in [4.69, 9.17) is 15.0 Å². The van der Waals surface area contributed by atoms with E-state index in [1.807, 2.05) is 0 Å². The van der Waals surface area contributed by atoms with Gasteiger partial charge >= 0.3 is 0 Å². The van der Waals surface area contributed by atoms with E-state index in [0.717, 1.165) is 30.5 Å². The molecule has 120 valence electrons. The van der Waals surface area contributed by atoms with Crippen molar-refractivity contribution < 1.29 is 9.26 Å². The Balaban J connectivity index is 1.85. The fourth-order valence-corrected chi connectivity index (χ4v) is 3.18. The lowest BCUT2D eigenvalue weighted by Gasteiger charge is -2.29. The van der Waals surface area contributed by atoms with Crippen LogP contribution >= 0.6 is 0 Å². The van der Waals surface area contributed by atoms with Gasteiger partial charge in [0.1, 0.15) is 0 Å². The summed E-state index contributed by atoms with van der Waals surface area (Å²) in [5.41, 5.74) is 6.09. The fraction of sp³-hybridized carbons (Fsp3) is 0.875. The third-order valence-corrected chi connectivity index (χ3v) is 4.72. The maximum absolute atomic E-state index is 6.09. The minimum atomic E-state index is -0.173. The molecule has 0 aliphatic heterocycles. The molecule has 5 heteroatoms. The minimum Gasteiger partial charge on any atom is -0.385 e. The topological polar surface area (TPSA) is 74.2 Å². The molecule has 1 aromatic heterocycles. The van der Waals surface area contributed by atoms with Crippen molar-refractivity contribution in [1.29, 1.82) is 0 Å². The first-order chi connectivity index (χ1) is 10.1. The van der Waals surface area contributed by atoms with E-state index in [1.165, 1.54) is 25.7 Å². The van der Waals surface area contributed by atoms with Crippen LogP contribution in [0, 0.1) is 11.8 Å². The smallest absolute Gasteiger partial charge is 0.243 e. The van der Waals surface area contributed by atoms with Crippen LogP contribution in [0.1, 0.15) is 76.0 Å². The van der Waals surface area contributed by atoms with Gasteiger partial charge in [-0.1, -0.05) is 19.0 Å². The van der Waals surface area contributed by atoms with Crippen molar-refractivity contribution in [3.8, 4) is 0 Å². The van der Waals surface area contributed by atoms with Gasteiger partial charge in [-0.3, -0.25) is 0 Å². The molecule has 0 spiro atoms. The highest BCUT2D eigenvalue weighted by Gasteiger charge is 2.27. The fourth-order valence-electron chi connectivity index (χ4n) is 3.18. The van der Waals surface area contributed by atoms with Gasteiger partial charge in [0, 0.05) is 19.6 Å². The van der Waals surface area contributed by atoms with Crippen molar-refractivity contribution in [1.82, 2.24) is 10.1 Å². The van der Waals surface area contributed by atoms with Crippen molar-refractivity contribution >= 4 is 0 Å². The van der Waals surface area contributed by atoms with Crippen LogP contribution in [0.5, 0.6) is 0 Å². The zero-order chi connectivity index (χ0) is 15.2. The summed E-state index contributed by atoms with van der Waals surface area (Å²) in [6, 6.07) is -0.173. The Morgan fingerprint density at radius 3 is 2.62 bits per heavy atom. The number of hydrogen-bond acceptors (Lipinski definition) is 5. The average Bonchev–Trinajstić information content (AvgIpc) is 2.97. The molecule has 5 nitrogen and oxygen atoms in total. The van der Waals surface area contributed by atoms with Crippen LogP contribution in [0.25, 0.3) is 0 Å². The molecule has 2 N–H and O–H groups in total. The van der Waals surface area contributed by atoms with Crippen LogP contribution < -0.4 is 5.73 Å². The maximum Gasteiger partial charge on any atom is 0.243 e. The number of rotatable bonds is 7. The van der Waals surface area contributed by atoms with Gasteiger partial charge in [0.15, 0.2) is 5.82 Å². The number of nitrogens with two attached hydrogens (primary N) is 1. The number of aromatic nitrogens is 2. The Hall–Kier alpha value is -0.940. The quantitative estimate of drug-likeness (QED) is 0.780. The van der Waals surface area contributed by atoms with Gasteiger partial charge in [-0.15, -0.1) is 0 Å². The first kappa shape index (κ1) is 16.4. The Morgan fingerprint density at radius 1 is 1.29 bits per heavy atom. The zero-order valence-electron chi connectivity index (χ0n) is 13.5. The van der Waals surface area contributed by atoms with Crippen molar-refractivity contribution in [2.75, 3.05) is 13.7 Å². The van der Waals surface area contributed by atoms with Crippen LogP contribution in [0.15, 0.2) is 4.52 Å². The van der Waals surface area contributed by atoms with E-state index in [-0.39, 0.29) is 6.04 Å². The minimum absolute atomic E-state index is 0.173. The summed E-state index contributed by atoms with van der Waals surface area (Å²) < 4.78 is 10.4. The van der Waals surface area contributed by atoms with E-state index in [9.17, 15) is 0 Å². The second-order valence-electron chi connectivity index (χ2n) is 6.59. The van der Waals surface area contributed by atoms with Crippen molar-refractivity contribution in [2.24, 2.45) is 17.6 Å². The standard InChI is InChI=1S/C16H29N3O2/c1-11(2)12-6-8-13(9-7-12)15-18-16(21-19-15)14(17)5-4-10-20-3/h11-14H,4-10,17H2,1-3H3. The van der Waals surface area contributed by atoms with E-state index < -0.39 is 0 Å². The molecule has 2 rings (SSSR count). The van der Waals surface area contributed by atoms with Gasteiger partial charge in [0.25, 0.3) is 0 Å². The number of methoxy groups -OCH3 is 1. The Labute approximate surface area is 127 Å². The molecule has 1 saturated carbocycles. The van der Waals surface area contributed by atoms with Crippen LogP contribution in [-0.2, 0) is 4.74 Å². The molecule has 0 aromatic carbocycles. The Kier molecular flexibility index (Phi) is 6.18. The highest BCUT2D eigenvalue weighted by molar-refractivity contribution is 5.00. The number of hydrogen-bond donors (Lipinski definition) is 1. The predicted octanol–water partition coefficient (Wildman–Crippen LogP) is 3.43. The number of nitrogens with zero attached hydrogens (tertiary/aromatic N) is 2. The molecule has 21 heavy (non-hydrogen) atoms. The molecule has 1 aromatic rings. The van der Waals surface area contributed by atoms with E-state index >= 15 is 0 Å². The van der Waals surface area contributed by atoms with Gasteiger partial charge in [-0.25, -0.2) is 0 Å². The lowest BCUT2D eigenvalue weighted by molar-refractivity contribution is 0.188. The first-order valence-corrected chi connectivity index (χ1v) is 8.19. The summed E-state index contributed by atoms with van der Waals surface area (Å²) in [5, 5.41) is 4.16. The summed E-state index contributed by atoms with van der Waals surface area (Å²) in [6.07, 6.45) is 6.60. The average molecular weight is 295 g/mol. The van der Waals surface area contributed by atoms with Crippen LogP contribution in [0.4, 0.5) is 0 Å². The molecule has 0 amide bonds. The molecule has 1 aliphatic rings. The SMILES string of the molecule is COCCCC(N)c1nc(C2CCC(C(C)C)CC2)no1. The molecule has 0 bridgehead atoms. The Bertz CT molecular complexity index is 411. The second-order valence-corrected chi connectivity index (χ2v) is 6.59. The van der Waals surface area contributed by atoms with Gasteiger partial charge < -0.3 is 15.0 Å². The van der Waals surface area contributed by atoms with Crippen LogP contribution in [0.2, 0.25) is 0 Å². The van der Waals surface area contributed by atoms with Crippen molar-refractivity contribution in [2.45, 2.75) is 64.3 Å². The molecule has 1 fully saturated rings. The number of ether oxygens (including phenoxy) is 1. The highest BCUT2D eigenvalue weighted by Crippen LogP contribution is 2.37. The lowest BCUT2D eigenvalue weighted by atomic mass is 9.77. The highest BCUT2D eigenvalue weighted by atomic mass is 16.5. The van der Waals surface area contributed by atoms with Crippen molar-refractivity contribution in [3.05, 3.63) is 11.7 Å². The largest absolute Gasteiger partial charge is 0.385 e.